The first-order chi connectivity index (χ1) is 4.61. The fourth-order valence-corrected chi connectivity index (χ4v) is 0.697. The predicted octanol–water partition coefficient (Wildman–Crippen LogP) is 2.24. The van der Waals surface area contributed by atoms with Crippen molar-refractivity contribution in [3.63, 3.8) is 0 Å². The molecule has 0 aliphatic carbocycles. The fraction of sp³-hybridized carbons (Fsp3) is 0.400. The summed E-state index contributed by atoms with van der Waals surface area (Å²) in [6.45, 7) is -1.03. The van der Waals surface area contributed by atoms with Crippen molar-refractivity contribution in [2.24, 2.45) is 0 Å². The molecule has 0 aromatic carbocycles. The summed E-state index contributed by atoms with van der Waals surface area (Å²) in [6.07, 6.45) is 1.10. The van der Waals surface area contributed by atoms with Gasteiger partial charge in [0.1, 0.15) is 0 Å². The molecule has 0 saturated carbocycles. The van der Waals surface area contributed by atoms with Gasteiger partial charge in [-0.2, -0.15) is 13.9 Å². The first kappa shape index (κ1) is 7.47. The lowest BCUT2D eigenvalue weighted by Crippen LogP contribution is -1.97. The van der Waals surface area contributed by atoms with E-state index < -0.39 is 6.55 Å². The van der Waals surface area contributed by atoms with Gasteiger partial charge >= 0.3 is 6.55 Å². The van der Waals surface area contributed by atoms with Crippen LogP contribution in [0.3, 0.4) is 0 Å². The van der Waals surface area contributed by atoms with Crippen molar-refractivity contribution in [3.8, 4) is 0 Å². The minimum absolute atomic E-state index is 0.264. The lowest BCUT2D eigenvalue weighted by molar-refractivity contribution is 0.0563. The highest BCUT2D eigenvalue weighted by Crippen LogP contribution is 2.16. The molecule has 1 aromatic heterocycles. The molecule has 1 rings (SSSR count). The Hall–Kier alpha value is -0.640. The number of alkyl halides is 2. The van der Waals surface area contributed by atoms with Crippen molar-refractivity contribution in [1.82, 2.24) is 9.78 Å². The van der Waals surface area contributed by atoms with Crippen LogP contribution in [-0.4, -0.2) is 9.78 Å². The number of nitrogens with zero attached hydrogens (tertiary/aromatic N) is 2. The van der Waals surface area contributed by atoms with Gasteiger partial charge in [-0.25, -0.2) is 4.68 Å². The first-order valence-electron chi connectivity index (χ1n) is 2.60. The van der Waals surface area contributed by atoms with E-state index in [2.05, 4.69) is 5.10 Å². The summed E-state index contributed by atoms with van der Waals surface area (Å²) in [5.74, 6) is 0. The molecule has 0 atom stereocenters. The Morgan fingerprint density at radius 2 is 2.30 bits per heavy atom. The van der Waals surface area contributed by atoms with E-state index in [1.54, 1.807) is 6.92 Å². The van der Waals surface area contributed by atoms with Gasteiger partial charge in [-0.3, -0.25) is 0 Å². The molecule has 0 aliphatic heterocycles. The zero-order valence-electron chi connectivity index (χ0n) is 5.18. The average Bonchev–Trinajstić information content (AvgIpc) is 2.13. The van der Waals surface area contributed by atoms with Gasteiger partial charge in [0.25, 0.3) is 0 Å². The number of halogens is 3. The second kappa shape index (κ2) is 2.54. The van der Waals surface area contributed by atoms with E-state index >= 15 is 0 Å². The first-order valence-corrected chi connectivity index (χ1v) is 2.98. The van der Waals surface area contributed by atoms with E-state index in [4.69, 9.17) is 11.6 Å². The molecular formula is C5H5ClF2N2. The summed E-state index contributed by atoms with van der Waals surface area (Å²) in [4.78, 5) is 0. The largest absolute Gasteiger partial charge is 0.333 e. The van der Waals surface area contributed by atoms with E-state index in [0.717, 1.165) is 6.20 Å². The molecule has 0 N–H and O–H groups in total. The van der Waals surface area contributed by atoms with Crippen LogP contribution in [0.1, 0.15) is 12.2 Å². The van der Waals surface area contributed by atoms with Crippen molar-refractivity contribution in [2.45, 2.75) is 13.5 Å². The van der Waals surface area contributed by atoms with Crippen LogP contribution in [-0.2, 0) is 0 Å². The van der Waals surface area contributed by atoms with Gasteiger partial charge in [0.2, 0.25) is 0 Å². The second-order valence-electron chi connectivity index (χ2n) is 1.82. The van der Waals surface area contributed by atoms with Crippen molar-refractivity contribution in [1.29, 1.82) is 0 Å². The molecule has 0 unspecified atom stereocenters. The number of aromatic nitrogens is 2. The minimum Gasteiger partial charge on any atom is -0.210 e. The molecule has 0 spiro atoms. The zero-order chi connectivity index (χ0) is 7.72. The number of rotatable bonds is 1. The normalized spacial score (nSPS) is 10.9. The Bertz CT molecular complexity index is 214. The lowest BCUT2D eigenvalue weighted by Gasteiger charge is -1.94. The van der Waals surface area contributed by atoms with Crippen LogP contribution >= 0.6 is 11.6 Å². The van der Waals surface area contributed by atoms with Crippen molar-refractivity contribution in [3.05, 3.63) is 16.9 Å². The quantitative estimate of drug-likeness (QED) is 0.626. The maximum atomic E-state index is 11.8. The second-order valence-corrected chi connectivity index (χ2v) is 2.23. The van der Waals surface area contributed by atoms with Crippen LogP contribution in [0.4, 0.5) is 8.78 Å². The molecule has 2 nitrogen and oxygen atoms in total. The molecule has 10 heavy (non-hydrogen) atoms. The van der Waals surface area contributed by atoms with Gasteiger partial charge in [0, 0.05) is 6.20 Å². The molecule has 1 heterocycles. The molecule has 0 fully saturated rings. The SMILES string of the molecule is Cc1nn(C(F)F)cc1Cl. The Balaban J connectivity index is 2.98. The third-order valence-corrected chi connectivity index (χ3v) is 1.43. The van der Waals surface area contributed by atoms with Crippen LogP contribution in [0.2, 0.25) is 5.02 Å². The molecule has 5 heteroatoms. The standard InChI is InChI=1S/C5H5ClF2N2/c1-3-4(6)2-10(9-3)5(7)8/h2,5H,1H3. The maximum Gasteiger partial charge on any atom is 0.333 e. The number of aryl methyl sites for hydroxylation is 1. The Morgan fingerprint density at radius 3 is 2.50 bits per heavy atom. The zero-order valence-corrected chi connectivity index (χ0v) is 5.94. The lowest BCUT2D eigenvalue weighted by atomic mass is 10.5. The van der Waals surface area contributed by atoms with E-state index in [-0.39, 0.29) is 5.02 Å². The molecular weight excluding hydrogens is 162 g/mol. The van der Waals surface area contributed by atoms with Gasteiger partial charge in [-0.15, -0.1) is 0 Å². The highest BCUT2D eigenvalue weighted by molar-refractivity contribution is 6.31. The topological polar surface area (TPSA) is 17.8 Å². The summed E-state index contributed by atoms with van der Waals surface area (Å²) >= 11 is 5.46. The summed E-state index contributed by atoms with van der Waals surface area (Å²) in [5, 5.41) is 3.71. The molecule has 0 saturated heterocycles. The molecule has 0 amide bonds. The van der Waals surface area contributed by atoms with Gasteiger partial charge in [-0.05, 0) is 6.92 Å². The van der Waals surface area contributed by atoms with E-state index in [9.17, 15) is 8.78 Å². The fourth-order valence-electron chi connectivity index (χ4n) is 0.559. The van der Waals surface area contributed by atoms with Crippen LogP contribution in [0.15, 0.2) is 6.20 Å². The van der Waals surface area contributed by atoms with Gasteiger partial charge in [0.15, 0.2) is 0 Å². The Kier molecular flexibility index (Phi) is 1.89. The molecule has 0 radical (unpaired) electrons. The van der Waals surface area contributed by atoms with Crippen LogP contribution in [0.5, 0.6) is 0 Å². The van der Waals surface area contributed by atoms with Crippen molar-refractivity contribution in [2.75, 3.05) is 0 Å². The summed E-state index contributed by atoms with van der Waals surface area (Å²) in [5.41, 5.74) is 0.418. The van der Waals surface area contributed by atoms with Gasteiger partial charge in [0.05, 0.1) is 10.7 Å². The summed E-state index contributed by atoms with van der Waals surface area (Å²) < 4.78 is 24.1. The monoisotopic (exact) mass is 166 g/mol. The van der Waals surface area contributed by atoms with Gasteiger partial charge < -0.3 is 0 Å². The summed E-state index contributed by atoms with van der Waals surface area (Å²) in [6, 6.07) is 0. The van der Waals surface area contributed by atoms with E-state index in [0.29, 0.717) is 10.4 Å². The average molecular weight is 167 g/mol. The molecule has 0 aliphatic rings. The number of hydrogen-bond donors (Lipinski definition) is 0. The molecule has 0 bridgehead atoms. The van der Waals surface area contributed by atoms with Crippen molar-refractivity contribution < 1.29 is 8.78 Å². The van der Waals surface area contributed by atoms with Crippen LogP contribution in [0.25, 0.3) is 0 Å². The highest BCUT2D eigenvalue weighted by Gasteiger charge is 2.08. The highest BCUT2D eigenvalue weighted by atomic mass is 35.5. The minimum atomic E-state index is -2.61. The molecule has 1 aromatic rings. The Morgan fingerprint density at radius 1 is 1.70 bits per heavy atom. The summed E-state index contributed by atoms with van der Waals surface area (Å²) in [7, 11) is 0. The van der Waals surface area contributed by atoms with E-state index in [1.807, 2.05) is 0 Å². The smallest absolute Gasteiger partial charge is 0.210 e. The number of hydrogen-bond acceptors (Lipinski definition) is 1. The third kappa shape index (κ3) is 1.26. The predicted molar refractivity (Wildman–Crippen MR) is 33.2 cm³/mol. The van der Waals surface area contributed by atoms with Gasteiger partial charge in [-0.1, -0.05) is 11.6 Å². The van der Waals surface area contributed by atoms with Crippen LogP contribution < -0.4 is 0 Å². The third-order valence-electron chi connectivity index (χ3n) is 1.06. The van der Waals surface area contributed by atoms with Crippen LogP contribution in [0, 0.1) is 6.92 Å². The maximum absolute atomic E-state index is 11.8. The van der Waals surface area contributed by atoms with E-state index in [1.165, 1.54) is 0 Å². The molecule has 56 valence electrons. The Labute approximate surface area is 61.4 Å². The van der Waals surface area contributed by atoms with Crippen molar-refractivity contribution >= 4 is 11.6 Å².